The number of carbonyl (C=O) groups excluding carboxylic acids is 1. The van der Waals surface area contributed by atoms with Crippen LogP contribution < -0.4 is 5.32 Å². The molecule has 2 aromatic heterocycles. The predicted molar refractivity (Wildman–Crippen MR) is 110 cm³/mol. The zero-order chi connectivity index (χ0) is 19.3. The minimum Gasteiger partial charge on any atom is -0.351 e. The second-order valence-electron chi connectivity index (χ2n) is 7.73. The van der Waals surface area contributed by atoms with Crippen LogP contribution in [-0.2, 0) is 6.54 Å². The van der Waals surface area contributed by atoms with Crippen molar-refractivity contribution in [2.75, 3.05) is 26.2 Å². The molecule has 4 rings (SSSR count). The molecular weight excluding hydrogens is 350 g/mol. The summed E-state index contributed by atoms with van der Waals surface area (Å²) in [7, 11) is 0. The minimum absolute atomic E-state index is 0.0738. The number of amides is 1. The van der Waals surface area contributed by atoms with Gasteiger partial charge >= 0.3 is 0 Å². The molecule has 3 heterocycles. The summed E-state index contributed by atoms with van der Waals surface area (Å²) in [6.07, 6.45) is 5.98. The van der Waals surface area contributed by atoms with Crippen LogP contribution in [-0.4, -0.2) is 51.8 Å². The number of benzene rings is 1. The average Bonchev–Trinajstić information content (AvgIpc) is 3.11. The smallest absolute Gasteiger partial charge is 0.252 e. The lowest BCUT2D eigenvalue weighted by Gasteiger charge is -2.30. The van der Waals surface area contributed by atoms with E-state index in [9.17, 15) is 4.79 Å². The Morgan fingerprint density at radius 2 is 2.11 bits per heavy atom. The van der Waals surface area contributed by atoms with Crippen LogP contribution in [0.5, 0.6) is 0 Å². The molecule has 1 unspecified atom stereocenters. The molecule has 1 aliphatic rings. The number of hydrogen-bond acceptors (Lipinski definition) is 4. The van der Waals surface area contributed by atoms with E-state index in [1.54, 1.807) is 12.4 Å². The number of hydrogen-bond donors (Lipinski definition) is 1. The van der Waals surface area contributed by atoms with E-state index in [4.69, 9.17) is 0 Å². The predicted octanol–water partition coefficient (Wildman–Crippen LogP) is 2.94. The number of rotatable bonds is 6. The largest absolute Gasteiger partial charge is 0.351 e. The fourth-order valence-electron chi connectivity index (χ4n) is 3.89. The van der Waals surface area contributed by atoms with Crippen molar-refractivity contribution in [2.45, 2.75) is 26.3 Å². The Morgan fingerprint density at radius 3 is 2.93 bits per heavy atom. The molecule has 0 aliphatic carbocycles. The Kier molecular flexibility index (Phi) is 5.67. The van der Waals surface area contributed by atoms with Gasteiger partial charge in [0.15, 0.2) is 5.65 Å². The standard InChI is InChI=1S/C22H27N5O/c1-17-6-5-10-26(15-17)11-9-23-22(28)20-12-19-14-25-27(21(19)24-13-20)16-18-7-3-2-4-8-18/h2-4,7-8,12-14,17H,5-6,9-11,15-16H2,1H3,(H,23,28). The molecule has 0 saturated carbocycles. The van der Waals surface area contributed by atoms with Gasteiger partial charge in [0.2, 0.25) is 0 Å². The van der Waals surface area contributed by atoms with E-state index in [1.807, 2.05) is 28.9 Å². The molecule has 6 heteroatoms. The van der Waals surface area contributed by atoms with E-state index in [1.165, 1.54) is 18.4 Å². The third-order valence-corrected chi connectivity index (χ3v) is 5.37. The summed E-state index contributed by atoms with van der Waals surface area (Å²) in [5.41, 5.74) is 2.55. The molecule has 1 atom stereocenters. The molecule has 28 heavy (non-hydrogen) atoms. The van der Waals surface area contributed by atoms with Gasteiger partial charge in [0.1, 0.15) is 0 Å². The lowest BCUT2D eigenvalue weighted by Crippen LogP contribution is -2.40. The van der Waals surface area contributed by atoms with Crippen molar-refractivity contribution in [2.24, 2.45) is 5.92 Å². The molecule has 0 spiro atoms. The number of fused-ring (bicyclic) bond motifs is 1. The van der Waals surface area contributed by atoms with E-state index < -0.39 is 0 Å². The topological polar surface area (TPSA) is 63.1 Å². The highest BCUT2D eigenvalue weighted by Crippen LogP contribution is 2.16. The maximum absolute atomic E-state index is 12.5. The number of carbonyl (C=O) groups is 1. The molecule has 0 radical (unpaired) electrons. The van der Waals surface area contributed by atoms with Crippen LogP contribution in [0.1, 0.15) is 35.7 Å². The van der Waals surface area contributed by atoms with Gasteiger partial charge in [0.25, 0.3) is 5.91 Å². The fourth-order valence-corrected chi connectivity index (χ4v) is 3.89. The van der Waals surface area contributed by atoms with Crippen molar-refractivity contribution in [3.05, 3.63) is 59.9 Å². The van der Waals surface area contributed by atoms with Gasteiger partial charge in [0.05, 0.1) is 18.3 Å². The minimum atomic E-state index is -0.0738. The molecule has 1 saturated heterocycles. The zero-order valence-electron chi connectivity index (χ0n) is 16.3. The van der Waals surface area contributed by atoms with Gasteiger partial charge < -0.3 is 10.2 Å². The first-order valence-corrected chi connectivity index (χ1v) is 10.0. The van der Waals surface area contributed by atoms with Gasteiger partial charge in [-0.3, -0.25) is 4.79 Å². The highest BCUT2D eigenvalue weighted by Gasteiger charge is 2.16. The highest BCUT2D eigenvalue weighted by molar-refractivity contribution is 5.96. The van der Waals surface area contributed by atoms with Crippen molar-refractivity contribution in [3.63, 3.8) is 0 Å². The van der Waals surface area contributed by atoms with Crippen LogP contribution in [0.4, 0.5) is 0 Å². The molecule has 3 aromatic rings. The number of aromatic nitrogens is 3. The summed E-state index contributed by atoms with van der Waals surface area (Å²) >= 11 is 0. The number of pyridine rings is 1. The van der Waals surface area contributed by atoms with Crippen LogP contribution in [0.3, 0.4) is 0 Å². The Labute approximate surface area is 165 Å². The normalized spacial score (nSPS) is 17.7. The Balaban J connectivity index is 1.37. The number of likely N-dealkylation sites (tertiary alicyclic amines) is 1. The van der Waals surface area contributed by atoms with Crippen LogP contribution in [0, 0.1) is 5.92 Å². The number of nitrogens with zero attached hydrogens (tertiary/aromatic N) is 4. The van der Waals surface area contributed by atoms with Gasteiger partial charge in [-0.15, -0.1) is 0 Å². The molecule has 1 aliphatic heterocycles. The molecular formula is C22H27N5O. The second kappa shape index (κ2) is 8.52. The summed E-state index contributed by atoms with van der Waals surface area (Å²) in [6, 6.07) is 12.0. The molecule has 1 N–H and O–H groups in total. The maximum Gasteiger partial charge on any atom is 0.252 e. The first-order valence-electron chi connectivity index (χ1n) is 10.0. The fraction of sp³-hybridized carbons (Fsp3) is 0.409. The molecule has 1 fully saturated rings. The molecule has 0 bridgehead atoms. The Morgan fingerprint density at radius 1 is 1.25 bits per heavy atom. The van der Waals surface area contributed by atoms with Gasteiger partial charge in [-0.2, -0.15) is 5.10 Å². The third kappa shape index (κ3) is 4.39. The van der Waals surface area contributed by atoms with E-state index in [2.05, 4.69) is 39.4 Å². The third-order valence-electron chi connectivity index (χ3n) is 5.37. The lowest BCUT2D eigenvalue weighted by molar-refractivity contribution is 0.0943. The molecule has 1 amide bonds. The number of nitrogens with one attached hydrogen (secondary N) is 1. The summed E-state index contributed by atoms with van der Waals surface area (Å²) in [5.74, 6) is 0.679. The molecule has 6 nitrogen and oxygen atoms in total. The molecule has 146 valence electrons. The zero-order valence-corrected chi connectivity index (χ0v) is 16.3. The van der Waals surface area contributed by atoms with E-state index in [0.717, 1.165) is 36.6 Å². The summed E-state index contributed by atoms with van der Waals surface area (Å²) < 4.78 is 1.86. The molecule has 1 aromatic carbocycles. The SMILES string of the molecule is CC1CCCN(CCNC(=O)c2cnc3c(cnn3Cc3ccccc3)c2)C1. The maximum atomic E-state index is 12.5. The first kappa shape index (κ1) is 18.6. The Bertz CT molecular complexity index is 937. The van der Waals surface area contributed by atoms with Gasteiger partial charge in [-0.1, -0.05) is 37.3 Å². The van der Waals surface area contributed by atoms with E-state index in [-0.39, 0.29) is 5.91 Å². The van der Waals surface area contributed by atoms with Crippen molar-refractivity contribution < 1.29 is 4.79 Å². The van der Waals surface area contributed by atoms with E-state index >= 15 is 0 Å². The highest BCUT2D eigenvalue weighted by atomic mass is 16.1. The van der Waals surface area contributed by atoms with Crippen molar-refractivity contribution in [1.82, 2.24) is 25.0 Å². The summed E-state index contributed by atoms with van der Waals surface area (Å²) in [4.78, 5) is 19.4. The van der Waals surface area contributed by atoms with Crippen LogP contribution in [0.25, 0.3) is 11.0 Å². The van der Waals surface area contributed by atoms with Crippen LogP contribution in [0.2, 0.25) is 0 Å². The summed E-state index contributed by atoms with van der Waals surface area (Å²) in [6.45, 7) is 6.79. The lowest BCUT2D eigenvalue weighted by atomic mass is 10.0. The first-order chi connectivity index (χ1) is 13.7. The van der Waals surface area contributed by atoms with Crippen molar-refractivity contribution in [3.8, 4) is 0 Å². The quantitative estimate of drug-likeness (QED) is 0.717. The van der Waals surface area contributed by atoms with Gasteiger partial charge in [-0.25, -0.2) is 9.67 Å². The monoisotopic (exact) mass is 377 g/mol. The average molecular weight is 377 g/mol. The van der Waals surface area contributed by atoms with Crippen molar-refractivity contribution >= 4 is 16.9 Å². The second-order valence-corrected chi connectivity index (χ2v) is 7.73. The van der Waals surface area contributed by atoms with Gasteiger partial charge in [0, 0.05) is 31.2 Å². The summed E-state index contributed by atoms with van der Waals surface area (Å²) in [5, 5.41) is 8.34. The van der Waals surface area contributed by atoms with Crippen LogP contribution >= 0.6 is 0 Å². The number of piperidine rings is 1. The van der Waals surface area contributed by atoms with E-state index in [0.29, 0.717) is 18.7 Å². The van der Waals surface area contributed by atoms with Gasteiger partial charge in [-0.05, 0) is 36.9 Å². The Hall–Kier alpha value is -2.73. The van der Waals surface area contributed by atoms with Crippen LogP contribution in [0.15, 0.2) is 48.8 Å². The van der Waals surface area contributed by atoms with Crippen molar-refractivity contribution in [1.29, 1.82) is 0 Å².